The molecule has 1 aromatic heterocycles. The first-order valence-corrected chi connectivity index (χ1v) is 8.89. The van der Waals surface area contributed by atoms with Crippen molar-refractivity contribution in [3.63, 3.8) is 0 Å². The van der Waals surface area contributed by atoms with Crippen molar-refractivity contribution in [3.05, 3.63) is 83.9 Å². The van der Waals surface area contributed by atoms with E-state index >= 15 is 0 Å². The molecule has 0 saturated carbocycles. The maximum atomic E-state index is 13.1. The van der Waals surface area contributed by atoms with Crippen LogP contribution >= 0.6 is 0 Å². The number of benzene rings is 2. The Labute approximate surface area is 159 Å². The van der Waals surface area contributed by atoms with Crippen molar-refractivity contribution in [2.75, 3.05) is 12.0 Å². The smallest absolute Gasteiger partial charge is 0.278 e. The SMILES string of the molecule is COc1ccc(N(Cc2ccc(C(C)C)cc2)C(=O)c2cnccn2)cc1. The molecular formula is C22H23N3O2. The van der Waals surface area contributed by atoms with Crippen molar-refractivity contribution in [2.45, 2.75) is 26.3 Å². The van der Waals surface area contributed by atoms with E-state index in [2.05, 4.69) is 48.1 Å². The second-order valence-corrected chi connectivity index (χ2v) is 6.58. The first-order valence-electron chi connectivity index (χ1n) is 8.89. The third kappa shape index (κ3) is 4.50. The highest BCUT2D eigenvalue weighted by atomic mass is 16.5. The summed E-state index contributed by atoms with van der Waals surface area (Å²) in [5, 5.41) is 0. The van der Waals surface area contributed by atoms with Crippen LogP contribution in [0.4, 0.5) is 5.69 Å². The van der Waals surface area contributed by atoms with E-state index in [9.17, 15) is 4.79 Å². The van der Waals surface area contributed by atoms with E-state index in [0.29, 0.717) is 18.2 Å². The van der Waals surface area contributed by atoms with E-state index in [1.54, 1.807) is 18.2 Å². The molecule has 0 N–H and O–H groups in total. The summed E-state index contributed by atoms with van der Waals surface area (Å²) in [6, 6.07) is 15.8. The number of anilines is 1. The summed E-state index contributed by atoms with van der Waals surface area (Å²) in [6.07, 6.45) is 4.57. The third-order valence-electron chi connectivity index (χ3n) is 4.40. The standard InChI is InChI=1S/C22H23N3O2/c1-16(2)18-6-4-17(5-7-18)15-25(19-8-10-20(27-3)11-9-19)22(26)21-14-23-12-13-24-21/h4-14,16H,15H2,1-3H3. The summed E-state index contributed by atoms with van der Waals surface area (Å²) in [6.45, 7) is 4.77. The van der Waals surface area contributed by atoms with Gasteiger partial charge in [-0.3, -0.25) is 9.78 Å². The van der Waals surface area contributed by atoms with E-state index in [1.807, 2.05) is 24.3 Å². The van der Waals surface area contributed by atoms with E-state index in [4.69, 9.17) is 4.74 Å². The number of ether oxygens (including phenoxy) is 1. The fraction of sp³-hybridized carbons (Fsp3) is 0.227. The maximum Gasteiger partial charge on any atom is 0.278 e. The highest BCUT2D eigenvalue weighted by molar-refractivity contribution is 6.04. The van der Waals surface area contributed by atoms with Crippen LogP contribution in [0.15, 0.2) is 67.1 Å². The fourth-order valence-electron chi connectivity index (χ4n) is 2.78. The van der Waals surface area contributed by atoms with Gasteiger partial charge in [0.2, 0.25) is 0 Å². The predicted octanol–water partition coefficient (Wildman–Crippen LogP) is 4.46. The number of rotatable bonds is 6. The van der Waals surface area contributed by atoms with Gasteiger partial charge in [-0.15, -0.1) is 0 Å². The molecule has 0 aliphatic rings. The molecular weight excluding hydrogens is 338 g/mol. The number of nitrogens with zero attached hydrogens (tertiary/aromatic N) is 3. The van der Waals surface area contributed by atoms with Gasteiger partial charge in [-0.25, -0.2) is 4.98 Å². The molecule has 1 heterocycles. The molecule has 3 rings (SSSR count). The molecule has 138 valence electrons. The summed E-state index contributed by atoms with van der Waals surface area (Å²) >= 11 is 0. The number of carbonyl (C=O) groups excluding carboxylic acids is 1. The first-order chi connectivity index (χ1) is 13.1. The van der Waals surface area contributed by atoms with Gasteiger partial charge < -0.3 is 9.64 Å². The van der Waals surface area contributed by atoms with Crippen LogP contribution in [-0.4, -0.2) is 23.0 Å². The van der Waals surface area contributed by atoms with Crippen LogP contribution in [0.3, 0.4) is 0 Å². The van der Waals surface area contributed by atoms with Gasteiger partial charge in [0.05, 0.1) is 19.9 Å². The number of hydrogen-bond acceptors (Lipinski definition) is 4. The fourth-order valence-corrected chi connectivity index (χ4v) is 2.78. The monoisotopic (exact) mass is 361 g/mol. The lowest BCUT2D eigenvalue weighted by Crippen LogP contribution is -2.31. The summed E-state index contributed by atoms with van der Waals surface area (Å²) < 4.78 is 5.22. The summed E-state index contributed by atoms with van der Waals surface area (Å²) in [5.74, 6) is 1.02. The van der Waals surface area contributed by atoms with Crippen molar-refractivity contribution < 1.29 is 9.53 Å². The molecule has 0 radical (unpaired) electrons. The van der Waals surface area contributed by atoms with E-state index in [-0.39, 0.29) is 5.91 Å². The van der Waals surface area contributed by atoms with Gasteiger partial charge in [0.25, 0.3) is 5.91 Å². The molecule has 0 saturated heterocycles. The van der Waals surface area contributed by atoms with Gasteiger partial charge in [-0.05, 0) is 41.3 Å². The second-order valence-electron chi connectivity index (χ2n) is 6.58. The average molecular weight is 361 g/mol. The highest BCUT2D eigenvalue weighted by Gasteiger charge is 2.20. The Bertz CT molecular complexity index is 876. The number of carbonyl (C=O) groups is 1. The van der Waals surface area contributed by atoms with Gasteiger partial charge >= 0.3 is 0 Å². The molecule has 5 heteroatoms. The minimum absolute atomic E-state index is 0.193. The van der Waals surface area contributed by atoms with Crippen LogP contribution in [-0.2, 0) is 6.54 Å². The number of hydrogen-bond donors (Lipinski definition) is 0. The third-order valence-corrected chi connectivity index (χ3v) is 4.40. The molecule has 27 heavy (non-hydrogen) atoms. The summed E-state index contributed by atoms with van der Waals surface area (Å²) in [7, 11) is 1.62. The Kier molecular flexibility index (Phi) is 5.81. The molecule has 1 amide bonds. The van der Waals surface area contributed by atoms with Gasteiger partial charge in [-0.1, -0.05) is 38.1 Å². The minimum atomic E-state index is -0.193. The van der Waals surface area contributed by atoms with Crippen LogP contribution in [0.2, 0.25) is 0 Å². The van der Waals surface area contributed by atoms with Crippen molar-refractivity contribution in [1.29, 1.82) is 0 Å². The quantitative estimate of drug-likeness (QED) is 0.651. The van der Waals surface area contributed by atoms with E-state index in [0.717, 1.165) is 17.0 Å². The Balaban J connectivity index is 1.92. The highest BCUT2D eigenvalue weighted by Crippen LogP contribution is 2.23. The van der Waals surface area contributed by atoms with Gasteiger partial charge in [0.1, 0.15) is 11.4 Å². The maximum absolute atomic E-state index is 13.1. The zero-order valence-corrected chi connectivity index (χ0v) is 15.8. The second kappa shape index (κ2) is 8.45. The van der Waals surface area contributed by atoms with Crippen LogP contribution in [0.1, 0.15) is 41.4 Å². The van der Waals surface area contributed by atoms with Crippen LogP contribution in [0, 0.1) is 0 Å². The number of aromatic nitrogens is 2. The van der Waals surface area contributed by atoms with Crippen LogP contribution in [0.5, 0.6) is 5.75 Å². The van der Waals surface area contributed by atoms with Gasteiger partial charge in [0, 0.05) is 18.1 Å². The minimum Gasteiger partial charge on any atom is -0.497 e. The Morgan fingerprint density at radius 1 is 1.04 bits per heavy atom. The molecule has 0 unspecified atom stereocenters. The largest absolute Gasteiger partial charge is 0.497 e. The van der Waals surface area contributed by atoms with Crippen LogP contribution in [0.25, 0.3) is 0 Å². The molecule has 0 spiro atoms. The Morgan fingerprint density at radius 2 is 1.74 bits per heavy atom. The normalized spacial score (nSPS) is 10.7. The average Bonchev–Trinajstić information content (AvgIpc) is 2.72. The van der Waals surface area contributed by atoms with E-state index in [1.165, 1.54) is 18.0 Å². The Morgan fingerprint density at radius 3 is 2.30 bits per heavy atom. The molecule has 0 bridgehead atoms. The lowest BCUT2D eigenvalue weighted by molar-refractivity contribution is 0.0980. The predicted molar refractivity (Wildman–Crippen MR) is 106 cm³/mol. The Hall–Kier alpha value is -3.21. The van der Waals surface area contributed by atoms with Gasteiger partial charge in [0.15, 0.2) is 0 Å². The summed E-state index contributed by atoms with van der Waals surface area (Å²) in [5.41, 5.74) is 3.41. The zero-order chi connectivity index (χ0) is 19.2. The number of amides is 1. The van der Waals surface area contributed by atoms with Gasteiger partial charge in [-0.2, -0.15) is 0 Å². The first kappa shape index (κ1) is 18.6. The molecule has 0 aliphatic carbocycles. The van der Waals surface area contributed by atoms with Crippen molar-refractivity contribution in [1.82, 2.24) is 9.97 Å². The zero-order valence-electron chi connectivity index (χ0n) is 15.8. The van der Waals surface area contributed by atoms with E-state index < -0.39 is 0 Å². The molecule has 0 fully saturated rings. The van der Waals surface area contributed by atoms with Crippen molar-refractivity contribution >= 4 is 11.6 Å². The number of methoxy groups -OCH3 is 1. The molecule has 2 aromatic carbocycles. The van der Waals surface area contributed by atoms with Crippen molar-refractivity contribution in [2.24, 2.45) is 0 Å². The summed E-state index contributed by atoms with van der Waals surface area (Å²) in [4.78, 5) is 23.0. The molecule has 5 nitrogen and oxygen atoms in total. The van der Waals surface area contributed by atoms with Crippen molar-refractivity contribution in [3.8, 4) is 5.75 Å². The molecule has 3 aromatic rings. The topological polar surface area (TPSA) is 55.3 Å². The molecule has 0 atom stereocenters. The molecule has 0 aliphatic heterocycles. The van der Waals surface area contributed by atoms with Crippen LogP contribution < -0.4 is 9.64 Å². The lowest BCUT2D eigenvalue weighted by atomic mass is 10.0. The lowest BCUT2D eigenvalue weighted by Gasteiger charge is -2.23.